The lowest BCUT2D eigenvalue weighted by Crippen LogP contribution is -2.57. The summed E-state index contributed by atoms with van der Waals surface area (Å²) in [6.45, 7) is 3.04. The van der Waals surface area contributed by atoms with Crippen molar-refractivity contribution in [1.29, 1.82) is 0 Å². The zero-order valence-corrected chi connectivity index (χ0v) is 15.1. The minimum Gasteiger partial charge on any atom is -0.381 e. The Bertz CT molecular complexity index is 740. The Kier molecular flexibility index (Phi) is 5.42. The summed E-state index contributed by atoms with van der Waals surface area (Å²) in [4.78, 5) is 12.7. The number of rotatable bonds is 4. The predicted molar refractivity (Wildman–Crippen MR) is 100 cm³/mol. The number of nitrogens with two attached hydrogens (primary N) is 1. The molecule has 3 rings (SSSR count). The van der Waals surface area contributed by atoms with Crippen LogP contribution in [0.15, 0.2) is 48.5 Å². The van der Waals surface area contributed by atoms with E-state index in [0.29, 0.717) is 31.1 Å². The molecule has 1 aliphatic rings. The molecule has 0 aromatic heterocycles. The molecule has 1 saturated heterocycles. The smallest absolute Gasteiger partial charge is 0.240 e. The maximum absolute atomic E-state index is 12.7. The van der Waals surface area contributed by atoms with E-state index in [9.17, 15) is 4.79 Å². The molecule has 1 heterocycles. The van der Waals surface area contributed by atoms with E-state index in [-0.39, 0.29) is 11.9 Å². The minimum absolute atomic E-state index is 0.116. The first-order chi connectivity index (χ1) is 12.0. The topological polar surface area (TPSA) is 64.4 Å². The van der Waals surface area contributed by atoms with Gasteiger partial charge in [-0.3, -0.25) is 4.79 Å². The highest BCUT2D eigenvalue weighted by atomic mass is 35.5. The van der Waals surface area contributed by atoms with Gasteiger partial charge in [0.15, 0.2) is 0 Å². The van der Waals surface area contributed by atoms with Crippen molar-refractivity contribution >= 4 is 17.5 Å². The second-order valence-corrected chi connectivity index (χ2v) is 6.99. The van der Waals surface area contributed by atoms with Crippen LogP contribution in [0.1, 0.15) is 31.4 Å². The summed E-state index contributed by atoms with van der Waals surface area (Å²) >= 11 is 5.99. The van der Waals surface area contributed by atoms with Crippen molar-refractivity contribution in [2.75, 3.05) is 13.2 Å². The van der Waals surface area contributed by atoms with Gasteiger partial charge in [0.2, 0.25) is 5.91 Å². The fourth-order valence-electron chi connectivity index (χ4n) is 3.15. The number of amides is 1. The van der Waals surface area contributed by atoms with Crippen LogP contribution in [0.3, 0.4) is 0 Å². The number of hydrogen-bond acceptors (Lipinski definition) is 3. The molecule has 1 fully saturated rings. The maximum atomic E-state index is 12.7. The molecular weight excluding hydrogens is 336 g/mol. The van der Waals surface area contributed by atoms with E-state index in [0.717, 1.165) is 16.7 Å². The molecular formula is C20H23ClN2O2. The molecule has 3 N–H and O–H groups in total. The Morgan fingerprint density at radius 3 is 2.48 bits per heavy atom. The Balaban J connectivity index is 1.81. The Labute approximate surface area is 153 Å². The first-order valence-electron chi connectivity index (χ1n) is 8.52. The van der Waals surface area contributed by atoms with Crippen LogP contribution in [0, 0.1) is 0 Å². The van der Waals surface area contributed by atoms with Gasteiger partial charge in [0, 0.05) is 18.2 Å². The molecule has 2 aromatic carbocycles. The summed E-state index contributed by atoms with van der Waals surface area (Å²) in [6, 6.07) is 15.6. The highest BCUT2D eigenvalue weighted by Gasteiger charge is 2.36. The summed E-state index contributed by atoms with van der Waals surface area (Å²) in [7, 11) is 0. The summed E-state index contributed by atoms with van der Waals surface area (Å²) in [5.74, 6) is -0.116. The molecule has 0 saturated carbocycles. The lowest BCUT2D eigenvalue weighted by molar-refractivity contribution is -0.130. The zero-order chi connectivity index (χ0) is 17.9. The first-order valence-corrected chi connectivity index (χ1v) is 8.90. The van der Waals surface area contributed by atoms with Crippen molar-refractivity contribution in [3.63, 3.8) is 0 Å². The fourth-order valence-corrected chi connectivity index (χ4v) is 3.27. The summed E-state index contributed by atoms with van der Waals surface area (Å²) in [5, 5.41) is 3.78. The largest absolute Gasteiger partial charge is 0.381 e. The quantitative estimate of drug-likeness (QED) is 0.876. The maximum Gasteiger partial charge on any atom is 0.240 e. The van der Waals surface area contributed by atoms with Crippen LogP contribution < -0.4 is 11.1 Å². The van der Waals surface area contributed by atoms with Gasteiger partial charge >= 0.3 is 0 Å². The zero-order valence-electron chi connectivity index (χ0n) is 14.3. The van der Waals surface area contributed by atoms with Crippen LogP contribution in [0.4, 0.5) is 0 Å². The Hall–Kier alpha value is -1.88. The standard InChI is InChI=1S/C20H23ClN2O2/c1-14(23-19(24)20(22)10-12-25-13-11-20)17-4-2-3-5-18(17)15-6-8-16(21)9-7-15/h2-9,14H,10-13,22H2,1H3,(H,23,24). The molecule has 2 aromatic rings. The van der Waals surface area contributed by atoms with Gasteiger partial charge in [-0.1, -0.05) is 48.0 Å². The third-order valence-corrected chi connectivity index (χ3v) is 5.02. The van der Waals surface area contributed by atoms with Crippen molar-refractivity contribution in [3.8, 4) is 11.1 Å². The van der Waals surface area contributed by atoms with Gasteiger partial charge in [-0.25, -0.2) is 0 Å². The van der Waals surface area contributed by atoms with Gasteiger partial charge < -0.3 is 15.8 Å². The van der Waals surface area contributed by atoms with Crippen LogP contribution in [0.5, 0.6) is 0 Å². The van der Waals surface area contributed by atoms with Crippen LogP contribution in [0.2, 0.25) is 5.02 Å². The number of hydrogen-bond donors (Lipinski definition) is 2. The molecule has 0 aliphatic carbocycles. The van der Waals surface area contributed by atoms with Crippen LogP contribution >= 0.6 is 11.6 Å². The number of carbonyl (C=O) groups is 1. The molecule has 0 spiro atoms. The van der Waals surface area contributed by atoms with E-state index in [1.165, 1.54) is 0 Å². The SMILES string of the molecule is CC(NC(=O)C1(N)CCOCC1)c1ccccc1-c1ccc(Cl)cc1. The summed E-state index contributed by atoms with van der Waals surface area (Å²) < 4.78 is 5.32. The average Bonchev–Trinajstić information content (AvgIpc) is 2.63. The van der Waals surface area contributed by atoms with Gasteiger partial charge in [0.25, 0.3) is 0 Å². The summed E-state index contributed by atoms with van der Waals surface area (Å²) in [5.41, 5.74) is 8.63. The molecule has 1 unspecified atom stereocenters. The molecule has 0 bridgehead atoms. The normalized spacial score (nSPS) is 17.7. The highest BCUT2D eigenvalue weighted by Crippen LogP contribution is 2.29. The van der Waals surface area contributed by atoms with Crippen LogP contribution in [-0.4, -0.2) is 24.7 Å². The third kappa shape index (κ3) is 4.03. The van der Waals surface area contributed by atoms with E-state index < -0.39 is 5.54 Å². The number of halogens is 1. The Morgan fingerprint density at radius 2 is 1.80 bits per heavy atom. The molecule has 5 heteroatoms. The van der Waals surface area contributed by atoms with Crippen molar-refractivity contribution in [3.05, 3.63) is 59.1 Å². The highest BCUT2D eigenvalue weighted by molar-refractivity contribution is 6.30. The van der Waals surface area contributed by atoms with E-state index >= 15 is 0 Å². The van der Waals surface area contributed by atoms with Crippen molar-refractivity contribution in [1.82, 2.24) is 5.32 Å². The molecule has 1 atom stereocenters. The molecule has 1 amide bonds. The van der Waals surface area contributed by atoms with Gasteiger partial charge in [-0.15, -0.1) is 0 Å². The second-order valence-electron chi connectivity index (χ2n) is 6.56. The molecule has 0 radical (unpaired) electrons. The number of benzene rings is 2. The van der Waals surface area contributed by atoms with Gasteiger partial charge in [-0.05, 0) is 48.6 Å². The van der Waals surface area contributed by atoms with Gasteiger partial charge in [0.05, 0.1) is 11.6 Å². The lowest BCUT2D eigenvalue weighted by Gasteiger charge is -2.33. The van der Waals surface area contributed by atoms with Gasteiger partial charge in [0.1, 0.15) is 0 Å². The van der Waals surface area contributed by atoms with Crippen molar-refractivity contribution in [2.24, 2.45) is 5.73 Å². The number of carbonyl (C=O) groups excluding carboxylic acids is 1. The van der Waals surface area contributed by atoms with E-state index in [4.69, 9.17) is 22.1 Å². The van der Waals surface area contributed by atoms with Crippen molar-refractivity contribution < 1.29 is 9.53 Å². The average molecular weight is 359 g/mol. The van der Waals surface area contributed by atoms with Crippen LogP contribution in [0.25, 0.3) is 11.1 Å². The van der Waals surface area contributed by atoms with E-state index in [1.54, 1.807) is 0 Å². The first kappa shape index (κ1) is 17.9. The second kappa shape index (κ2) is 7.56. The number of nitrogens with one attached hydrogen (secondary N) is 1. The van der Waals surface area contributed by atoms with Crippen molar-refractivity contribution in [2.45, 2.75) is 31.3 Å². The molecule has 1 aliphatic heterocycles. The van der Waals surface area contributed by atoms with Crippen LogP contribution in [-0.2, 0) is 9.53 Å². The summed E-state index contributed by atoms with van der Waals surface area (Å²) in [6.07, 6.45) is 1.09. The minimum atomic E-state index is -0.846. The molecule has 4 nitrogen and oxygen atoms in total. The molecule has 132 valence electrons. The monoisotopic (exact) mass is 358 g/mol. The van der Waals surface area contributed by atoms with E-state index in [1.807, 2.05) is 55.5 Å². The predicted octanol–water partition coefficient (Wildman–Crippen LogP) is 3.69. The number of ether oxygens (including phenoxy) is 1. The van der Waals surface area contributed by atoms with E-state index in [2.05, 4.69) is 5.32 Å². The fraction of sp³-hybridized carbons (Fsp3) is 0.350. The van der Waals surface area contributed by atoms with Gasteiger partial charge in [-0.2, -0.15) is 0 Å². The third-order valence-electron chi connectivity index (χ3n) is 4.77. The molecule has 25 heavy (non-hydrogen) atoms. The Morgan fingerprint density at radius 1 is 1.16 bits per heavy atom. The lowest BCUT2D eigenvalue weighted by atomic mass is 9.89.